The molecule has 0 aromatic rings. The number of ether oxygens (including phenoxy) is 1. The van der Waals surface area contributed by atoms with Crippen molar-refractivity contribution in [2.45, 2.75) is 32.4 Å². The van der Waals surface area contributed by atoms with Crippen LogP contribution in [-0.2, 0) is 4.74 Å². The van der Waals surface area contributed by atoms with E-state index in [0.29, 0.717) is 18.7 Å². The molecule has 0 aromatic carbocycles. The van der Waals surface area contributed by atoms with Crippen molar-refractivity contribution in [2.24, 2.45) is 5.92 Å². The quantitative estimate of drug-likeness (QED) is 0.685. The van der Waals surface area contributed by atoms with Gasteiger partial charge in [-0.2, -0.15) is 0 Å². The molecule has 0 aliphatic carbocycles. The van der Waals surface area contributed by atoms with E-state index >= 15 is 0 Å². The molecular formula is C11H23NO3. The molecule has 1 heterocycles. The van der Waals surface area contributed by atoms with E-state index in [2.05, 4.69) is 18.7 Å². The van der Waals surface area contributed by atoms with Crippen molar-refractivity contribution in [2.75, 3.05) is 33.0 Å². The number of morpholine rings is 1. The molecule has 1 fully saturated rings. The summed E-state index contributed by atoms with van der Waals surface area (Å²) >= 11 is 0. The summed E-state index contributed by atoms with van der Waals surface area (Å²) < 4.78 is 5.45. The zero-order chi connectivity index (χ0) is 11.3. The van der Waals surface area contributed by atoms with Crippen LogP contribution in [0.5, 0.6) is 0 Å². The minimum Gasteiger partial charge on any atom is -0.396 e. The van der Waals surface area contributed by atoms with E-state index in [-0.39, 0.29) is 19.1 Å². The van der Waals surface area contributed by atoms with Crippen molar-refractivity contribution in [3.05, 3.63) is 0 Å². The van der Waals surface area contributed by atoms with Gasteiger partial charge in [0.2, 0.25) is 0 Å². The maximum atomic E-state index is 9.06. The van der Waals surface area contributed by atoms with Crippen molar-refractivity contribution >= 4 is 0 Å². The molecule has 2 N–H and O–H groups in total. The van der Waals surface area contributed by atoms with E-state index in [1.165, 1.54) is 0 Å². The van der Waals surface area contributed by atoms with Gasteiger partial charge in [-0.1, -0.05) is 0 Å². The lowest BCUT2D eigenvalue weighted by Gasteiger charge is -2.39. The average Bonchev–Trinajstić information content (AvgIpc) is 2.26. The Kier molecular flexibility index (Phi) is 5.53. The lowest BCUT2D eigenvalue weighted by atomic mass is 9.99. The topological polar surface area (TPSA) is 52.9 Å². The van der Waals surface area contributed by atoms with E-state index in [4.69, 9.17) is 14.9 Å². The standard InChI is InChI=1S/C11H23NO3/c1-9(2)12-3-4-15-8-11(12)5-10(6-13)7-14/h9-11,13-14H,3-8H2,1-2H3. The van der Waals surface area contributed by atoms with Crippen LogP contribution < -0.4 is 0 Å². The zero-order valence-electron chi connectivity index (χ0n) is 9.72. The minimum atomic E-state index is -0.0158. The summed E-state index contributed by atoms with van der Waals surface area (Å²) in [4.78, 5) is 2.39. The van der Waals surface area contributed by atoms with Crippen LogP contribution in [0.2, 0.25) is 0 Å². The second kappa shape index (κ2) is 6.43. The summed E-state index contributed by atoms with van der Waals surface area (Å²) in [5.41, 5.74) is 0. The average molecular weight is 217 g/mol. The molecule has 0 saturated carbocycles. The molecule has 0 bridgehead atoms. The molecule has 4 heteroatoms. The number of hydrogen-bond donors (Lipinski definition) is 2. The molecular weight excluding hydrogens is 194 g/mol. The van der Waals surface area contributed by atoms with Crippen LogP contribution in [0.1, 0.15) is 20.3 Å². The van der Waals surface area contributed by atoms with Gasteiger partial charge in [-0.15, -0.1) is 0 Å². The fourth-order valence-electron chi connectivity index (χ4n) is 2.14. The molecule has 0 radical (unpaired) electrons. The maximum Gasteiger partial charge on any atom is 0.0622 e. The molecule has 4 nitrogen and oxygen atoms in total. The molecule has 0 aromatic heterocycles. The number of aliphatic hydroxyl groups is 2. The van der Waals surface area contributed by atoms with E-state index in [1.54, 1.807) is 0 Å². The van der Waals surface area contributed by atoms with Crippen LogP contribution in [0.25, 0.3) is 0 Å². The Hall–Kier alpha value is -0.160. The Labute approximate surface area is 91.8 Å². The second-order valence-corrected chi connectivity index (χ2v) is 4.53. The van der Waals surface area contributed by atoms with Crippen molar-refractivity contribution < 1.29 is 14.9 Å². The van der Waals surface area contributed by atoms with Crippen molar-refractivity contribution in [3.8, 4) is 0 Å². The lowest BCUT2D eigenvalue weighted by Crippen LogP contribution is -2.50. The van der Waals surface area contributed by atoms with Gasteiger partial charge in [-0.05, 0) is 20.3 Å². The first-order valence-corrected chi connectivity index (χ1v) is 5.74. The van der Waals surface area contributed by atoms with Gasteiger partial charge in [0.05, 0.1) is 13.2 Å². The second-order valence-electron chi connectivity index (χ2n) is 4.53. The van der Waals surface area contributed by atoms with E-state index in [0.717, 1.165) is 19.6 Å². The van der Waals surface area contributed by atoms with Gasteiger partial charge in [-0.25, -0.2) is 0 Å². The van der Waals surface area contributed by atoms with Crippen LogP contribution in [0, 0.1) is 5.92 Å². The van der Waals surface area contributed by atoms with Crippen LogP contribution in [-0.4, -0.2) is 60.2 Å². The highest BCUT2D eigenvalue weighted by atomic mass is 16.5. The highest BCUT2D eigenvalue weighted by Crippen LogP contribution is 2.18. The molecule has 1 rings (SSSR count). The Morgan fingerprint density at radius 3 is 2.53 bits per heavy atom. The Bertz CT molecular complexity index is 171. The minimum absolute atomic E-state index is 0.0158. The van der Waals surface area contributed by atoms with Crippen LogP contribution >= 0.6 is 0 Å². The number of hydrogen-bond acceptors (Lipinski definition) is 4. The summed E-state index contributed by atoms with van der Waals surface area (Å²) in [6.45, 7) is 6.91. The third kappa shape index (κ3) is 3.72. The van der Waals surface area contributed by atoms with Gasteiger partial charge in [0.1, 0.15) is 0 Å². The number of nitrogens with zero attached hydrogens (tertiary/aromatic N) is 1. The summed E-state index contributed by atoms with van der Waals surface area (Å²) in [6, 6.07) is 0.833. The first-order chi connectivity index (χ1) is 7.19. The van der Waals surface area contributed by atoms with Gasteiger partial charge in [-0.3, -0.25) is 4.90 Å². The SMILES string of the molecule is CC(C)N1CCOCC1CC(CO)CO. The van der Waals surface area contributed by atoms with Crippen molar-refractivity contribution in [1.82, 2.24) is 4.90 Å². The Balaban J connectivity index is 2.48. The van der Waals surface area contributed by atoms with Gasteiger partial charge >= 0.3 is 0 Å². The van der Waals surface area contributed by atoms with Crippen molar-refractivity contribution in [1.29, 1.82) is 0 Å². The van der Waals surface area contributed by atoms with E-state index in [9.17, 15) is 0 Å². The van der Waals surface area contributed by atoms with Crippen molar-refractivity contribution in [3.63, 3.8) is 0 Å². The largest absolute Gasteiger partial charge is 0.396 e. The first kappa shape index (κ1) is 12.9. The number of aliphatic hydroxyl groups excluding tert-OH is 2. The van der Waals surface area contributed by atoms with E-state index in [1.807, 2.05) is 0 Å². The van der Waals surface area contributed by atoms with Crippen LogP contribution in [0.4, 0.5) is 0 Å². The summed E-state index contributed by atoms with van der Waals surface area (Å²) in [5.74, 6) is -0.0158. The third-order valence-corrected chi connectivity index (χ3v) is 3.06. The third-order valence-electron chi connectivity index (χ3n) is 3.06. The molecule has 1 unspecified atom stereocenters. The monoisotopic (exact) mass is 217 g/mol. The first-order valence-electron chi connectivity index (χ1n) is 5.74. The summed E-state index contributed by atoms with van der Waals surface area (Å²) in [6.07, 6.45) is 0.811. The summed E-state index contributed by atoms with van der Waals surface area (Å²) in [5, 5.41) is 18.1. The molecule has 1 atom stereocenters. The van der Waals surface area contributed by atoms with E-state index < -0.39 is 0 Å². The zero-order valence-corrected chi connectivity index (χ0v) is 9.72. The maximum absolute atomic E-state index is 9.06. The number of rotatable bonds is 5. The molecule has 1 aliphatic heterocycles. The fraction of sp³-hybridized carbons (Fsp3) is 1.00. The van der Waals surface area contributed by atoms with Gasteiger partial charge in [0, 0.05) is 37.8 Å². The van der Waals surface area contributed by atoms with Gasteiger partial charge in [0.15, 0.2) is 0 Å². The van der Waals surface area contributed by atoms with Crippen LogP contribution in [0.15, 0.2) is 0 Å². The Morgan fingerprint density at radius 2 is 2.00 bits per heavy atom. The molecule has 1 aliphatic rings. The Morgan fingerprint density at radius 1 is 1.33 bits per heavy atom. The van der Waals surface area contributed by atoms with Gasteiger partial charge < -0.3 is 14.9 Å². The van der Waals surface area contributed by atoms with Gasteiger partial charge in [0.25, 0.3) is 0 Å². The molecule has 0 spiro atoms. The molecule has 90 valence electrons. The molecule has 15 heavy (non-hydrogen) atoms. The molecule has 0 amide bonds. The molecule has 1 saturated heterocycles. The lowest BCUT2D eigenvalue weighted by molar-refractivity contribution is -0.0364. The fourth-order valence-corrected chi connectivity index (χ4v) is 2.14. The highest BCUT2D eigenvalue weighted by Gasteiger charge is 2.27. The normalized spacial score (nSPS) is 24.0. The van der Waals surface area contributed by atoms with Crippen LogP contribution in [0.3, 0.4) is 0 Å². The smallest absolute Gasteiger partial charge is 0.0622 e. The summed E-state index contributed by atoms with van der Waals surface area (Å²) in [7, 11) is 0. The predicted octanol–water partition coefficient (Wildman–Crippen LogP) is 0.0865. The highest BCUT2D eigenvalue weighted by molar-refractivity contribution is 4.80. The predicted molar refractivity (Wildman–Crippen MR) is 58.7 cm³/mol.